The average molecular weight is 166 g/mol. The molecule has 0 radical (unpaired) electrons. The van der Waals surface area contributed by atoms with Crippen molar-refractivity contribution in [1.82, 2.24) is 0 Å². The molecular formula is C10H14O2. The lowest BCUT2D eigenvalue weighted by molar-refractivity contribution is -0.124. The first-order valence-corrected chi connectivity index (χ1v) is 4.20. The molecule has 0 aromatic heterocycles. The first kappa shape index (κ1) is 9.04. The normalized spacial score (nSPS) is 28.3. The molecule has 1 unspecified atom stereocenters. The maximum Gasteiger partial charge on any atom is 0.140 e. The van der Waals surface area contributed by atoms with Gasteiger partial charge in [0.1, 0.15) is 11.5 Å². The predicted octanol–water partition coefficient (Wildman–Crippen LogP) is 2.37. The van der Waals surface area contributed by atoms with E-state index in [0.29, 0.717) is 6.42 Å². The Morgan fingerprint density at radius 3 is 2.75 bits per heavy atom. The van der Waals surface area contributed by atoms with Crippen LogP contribution in [0.4, 0.5) is 0 Å². The van der Waals surface area contributed by atoms with Crippen molar-refractivity contribution in [2.45, 2.75) is 26.7 Å². The van der Waals surface area contributed by atoms with E-state index in [1.54, 1.807) is 19.1 Å². The van der Waals surface area contributed by atoms with Gasteiger partial charge in [0.2, 0.25) is 0 Å². The summed E-state index contributed by atoms with van der Waals surface area (Å²) in [5.74, 6) is 0.333. The van der Waals surface area contributed by atoms with Crippen LogP contribution in [0.15, 0.2) is 24.0 Å². The Balaban J connectivity index is 2.97. The summed E-state index contributed by atoms with van der Waals surface area (Å²) < 4.78 is 0. The van der Waals surface area contributed by atoms with Crippen LogP contribution in [-0.2, 0) is 4.79 Å². The Morgan fingerprint density at radius 1 is 1.75 bits per heavy atom. The molecule has 1 aliphatic rings. The van der Waals surface area contributed by atoms with Crippen LogP contribution in [0.1, 0.15) is 26.7 Å². The zero-order chi connectivity index (χ0) is 9.19. The molecule has 0 saturated carbocycles. The molecule has 66 valence electrons. The van der Waals surface area contributed by atoms with E-state index in [4.69, 9.17) is 0 Å². The Morgan fingerprint density at radius 2 is 2.42 bits per heavy atom. The van der Waals surface area contributed by atoms with Gasteiger partial charge in [0.05, 0.1) is 5.41 Å². The van der Waals surface area contributed by atoms with E-state index in [1.165, 1.54) is 0 Å². The van der Waals surface area contributed by atoms with Crippen LogP contribution in [0.2, 0.25) is 0 Å². The summed E-state index contributed by atoms with van der Waals surface area (Å²) in [5, 5.41) is 9.25. The second kappa shape index (κ2) is 3.13. The third-order valence-electron chi connectivity index (χ3n) is 2.53. The number of Topliss-reactive ketones (excluding diaryl/α,β-unsaturated/α-hetero) is 1. The number of carbonyl (C=O) groups excluding carboxylic acids is 1. The molecular weight excluding hydrogens is 152 g/mol. The summed E-state index contributed by atoms with van der Waals surface area (Å²) >= 11 is 0. The van der Waals surface area contributed by atoms with Gasteiger partial charge < -0.3 is 5.11 Å². The van der Waals surface area contributed by atoms with E-state index in [-0.39, 0.29) is 11.5 Å². The van der Waals surface area contributed by atoms with Gasteiger partial charge in [0.15, 0.2) is 0 Å². The Kier molecular flexibility index (Phi) is 2.36. The topological polar surface area (TPSA) is 37.3 Å². The highest BCUT2D eigenvalue weighted by atomic mass is 16.3. The maximum absolute atomic E-state index is 11.3. The minimum absolute atomic E-state index is 0.126. The van der Waals surface area contributed by atoms with Gasteiger partial charge in [-0.05, 0) is 31.9 Å². The van der Waals surface area contributed by atoms with Crippen LogP contribution in [0, 0.1) is 5.41 Å². The maximum atomic E-state index is 11.3. The van der Waals surface area contributed by atoms with Gasteiger partial charge in [0, 0.05) is 0 Å². The Bertz CT molecular complexity index is 251. The number of hydrogen-bond acceptors (Lipinski definition) is 2. The molecule has 2 nitrogen and oxygen atoms in total. The highest BCUT2D eigenvalue weighted by molar-refractivity contribution is 5.85. The fourth-order valence-electron chi connectivity index (χ4n) is 1.52. The van der Waals surface area contributed by atoms with Gasteiger partial charge in [-0.2, -0.15) is 0 Å². The summed E-state index contributed by atoms with van der Waals surface area (Å²) in [7, 11) is 0. The lowest BCUT2D eigenvalue weighted by Crippen LogP contribution is -2.27. The highest BCUT2D eigenvalue weighted by Gasteiger charge is 2.31. The van der Waals surface area contributed by atoms with Gasteiger partial charge in [-0.1, -0.05) is 13.0 Å². The van der Waals surface area contributed by atoms with E-state index in [0.717, 1.165) is 6.42 Å². The van der Waals surface area contributed by atoms with Crippen molar-refractivity contribution in [1.29, 1.82) is 0 Å². The van der Waals surface area contributed by atoms with Crippen molar-refractivity contribution < 1.29 is 9.90 Å². The number of aliphatic hydroxyl groups excluding tert-OH is 1. The number of allylic oxidation sites excluding steroid dienone is 3. The van der Waals surface area contributed by atoms with Crippen LogP contribution in [0.3, 0.4) is 0 Å². The number of carbonyl (C=O) groups is 1. The molecule has 0 aromatic carbocycles. The third kappa shape index (κ3) is 1.42. The van der Waals surface area contributed by atoms with Crippen molar-refractivity contribution in [2.24, 2.45) is 5.41 Å². The van der Waals surface area contributed by atoms with Crippen molar-refractivity contribution >= 4 is 5.78 Å². The van der Waals surface area contributed by atoms with Gasteiger partial charge >= 0.3 is 0 Å². The number of aliphatic hydroxyl groups is 1. The van der Waals surface area contributed by atoms with Crippen molar-refractivity contribution in [3.05, 3.63) is 24.0 Å². The molecule has 1 aliphatic carbocycles. The molecule has 0 amide bonds. The van der Waals surface area contributed by atoms with Gasteiger partial charge in [0.25, 0.3) is 0 Å². The molecule has 0 saturated heterocycles. The third-order valence-corrected chi connectivity index (χ3v) is 2.53. The van der Waals surface area contributed by atoms with E-state index in [2.05, 4.69) is 0 Å². The minimum Gasteiger partial charge on any atom is -0.508 e. The molecule has 1 atom stereocenters. The van der Waals surface area contributed by atoms with Crippen LogP contribution in [0.25, 0.3) is 0 Å². The molecule has 0 spiro atoms. The first-order valence-electron chi connectivity index (χ1n) is 4.20. The monoisotopic (exact) mass is 166 g/mol. The van der Waals surface area contributed by atoms with Gasteiger partial charge in [-0.3, -0.25) is 4.79 Å². The molecule has 0 aliphatic heterocycles. The van der Waals surface area contributed by atoms with Crippen LogP contribution in [0.5, 0.6) is 0 Å². The zero-order valence-electron chi connectivity index (χ0n) is 7.50. The lowest BCUT2D eigenvalue weighted by Gasteiger charge is -2.27. The molecule has 0 bridgehead atoms. The predicted molar refractivity (Wildman–Crippen MR) is 47.9 cm³/mol. The minimum atomic E-state index is -0.446. The van der Waals surface area contributed by atoms with Gasteiger partial charge in [-0.15, -0.1) is 0 Å². The Labute approximate surface area is 72.6 Å². The largest absolute Gasteiger partial charge is 0.508 e. The van der Waals surface area contributed by atoms with Crippen LogP contribution >= 0.6 is 0 Å². The SMILES string of the molecule is CCC1(C(C)=O)C=C(O)C=CC1. The summed E-state index contributed by atoms with van der Waals surface area (Å²) in [4.78, 5) is 11.3. The standard InChI is InChI=1S/C10H14O2/c1-3-10(8(2)11)6-4-5-9(12)7-10/h4-5,7,12H,3,6H2,1-2H3. The summed E-state index contributed by atoms with van der Waals surface area (Å²) in [6, 6.07) is 0. The average Bonchev–Trinajstić information content (AvgIpc) is 2.04. The Hall–Kier alpha value is -1.05. The second-order valence-electron chi connectivity index (χ2n) is 3.24. The zero-order valence-corrected chi connectivity index (χ0v) is 7.50. The molecule has 12 heavy (non-hydrogen) atoms. The molecule has 0 heterocycles. The first-order chi connectivity index (χ1) is 5.60. The van der Waals surface area contributed by atoms with Crippen molar-refractivity contribution in [3.8, 4) is 0 Å². The lowest BCUT2D eigenvalue weighted by atomic mass is 9.76. The smallest absolute Gasteiger partial charge is 0.140 e. The van der Waals surface area contributed by atoms with E-state index in [9.17, 15) is 9.90 Å². The number of hydrogen-bond donors (Lipinski definition) is 1. The quantitative estimate of drug-likeness (QED) is 0.683. The van der Waals surface area contributed by atoms with E-state index < -0.39 is 5.41 Å². The summed E-state index contributed by atoms with van der Waals surface area (Å²) in [6.07, 6.45) is 6.60. The number of rotatable bonds is 2. The van der Waals surface area contributed by atoms with E-state index >= 15 is 0 Å². The van der Waals surface area contributed by atoms with Crippen molar-refractivity contribution in [2.75, 3.05) is 0 Å². The molecule has 0 aromatic rings. The van der Waals surface area contributed by atoms with Crippen LogP contribution < -0.4 is 0 Å². The second-order valence-corrected chi connectivity index (χ2v) is 3.24. The van der Waals surface area contributed by atoms with E-state index in [1.807, 2.05) is 13.0 Å². The van der Waals surface area contributed by atoms with Crippen molar-refractivity contribution in [3.63, 3.8) is 0 Å². The summed E-state index contributed by atoms with van der Waals surface area (Å²) in [5.41, 5.74) is -0.446. The molecule has 1 N–H and O–H groups in total. The highest BCUT2D eigenvalue weighted by Crippen LogP contribution is 2.33. The fraction of sp³-hybridized carbons (Fsp3) is 0.500. The number of ketones is 1. The molecule has 1 rings (SSSR count). The molecule has 0 fully saturated rings. The fourth-order valence-corrected chi connectivity index (χ4v) is 1.52. The molecule has 2 heteroatoms. The summed E-state index contributed by atoms with van der Waals surface area (Å²) in [6.45, 7) is 3.54. The van der Waals surface area contributed by atoms with Gasteiger partial charge in [-0.25, -0.2) is 0 Å². The van der Waals surface area contributed by atoms with Crippen LogP contribution in [-0.4, -0.2) is 10.9 Å².